The van der Waals surface area contributed by atoms with E-state index in [2.05, 4.69) is 57.4 Å². The molecular formula is C21H24N6O. The van der Waals surface area contributed by atoms with Gasteiger partial charge in [0, 0.05) is 18.4 Å². The van der Waals surface area contributed by atoms with Crippen molar-refractivity contribution in [2.75, 3.05) is 29.6 Å². The maximum absolute atomic E-state index is 5.49. The predicted molar refractivity (Wildman–Crippen MR) is 114 cm³/mol. The van der Waals surface area contributed by atoms with Gasteiger partial charge in [0.1, 0.15) is 12.4 Å². The second-order valence-corrected chi connectivity index (χ2v) is 6.31. The lowest BCUT2D eigenvalue weighted by atomic mass is 10.1. The largest absolute Gasteiger partial charge is 0.490 e. The van der Waals surface area contributed by atoms with Crippen LogP contribution in [0.25, 0.3) is 0 Å². The first kappa shape index (κ1) is 19.2. The Hall–Kier alpha value is -3.61. The summed E-state index contributed by atoms with van der Waals surface area (Å²) in [7, 11) is 1.77. The summed E-state index contributed by atoms with van der Waals surface area (Å²) in [5.41, 5.74) is 4.11. The lowest BCUT2D eigenvalue weighted by Gasteiger charge is -2.11. The summed E-state index contributed by atoms with van der Waals surface area (Å²) < 4.78 is 5.49. The number of rotatable bonds is 8. The molecule has 1 aromatic heterocycles. The van der Waals surface area contributed by atoms with Crippen LogP contribution < -0.4 is 20.7 Å². The van der Waals surface area contributed by atoms with Crippen LogP contribution in [0.3, 0.4) is 0 Å². The minimum absolute atomic E-state index is 0.436. The molecule has 0 radical (unpaired) electrons. The van der Waals surface area contributed by atoms with Crippen molar-refractivity contribution in [3.8, 4) is 5.75 Å². The molecular weight excluding hydrogens is 352 g/mol. The summed E-state index contributed by atoms with van der Waals surface area (Å²) in [6.07, 6.45) is 1.71. The zero-order valence-electron chi connectivity index (χ0n) is 16.3. The van der Waals surface area contributed by atoms with Gasteiger partial charge in [-0.25, -0.2) is 0 Å². The van der Waals surface area contributed by atoms with Gasteiger partial charge >= 0.3 is 0 Å². The van der Waals surface area contributed by atoms with Crippen molar-refractivity contribution in [2.45, 2.75) is 13.8 Å². The molecule has 0 fully saturated rings. The minimum Gasteiger partial charge on any atom is -0.490 e. The summed E-state index contributed by atoms with van der Waals surface area (Å²) in [6, 6.07) is 13.8. The van der Waals surface area contributed by atoms with Crippen LogP contribution in [0, 0.1) is 13.8 Å². The quantitative estimate of drug-likeness (QED) is 0.496. The Kier molecular flexibility index (Phi) is 6.06. The molecule has 0 amide bonds. The average molecular weight is 376 g/mol. The smallest absolute Gasteiger partial charge is 0.233 e. The summed E-state index contributed by atoms with van der Waals surface area (Å²) >= 11 is 0. The van der Waals surface area contributed by atoms with Gasteiger partial charge in [-0.15, -0.1) is 0 Å². The van der Waals surface area contributed by atoms with E-state index in [4.69, 9.17) is 4.74 Å². The molecule has 0 aliphatic heterocycles. The molecule has 0 atom stereocenters. The first-order valence-corrected chi connectivity index (χ1v) is 8.95. The van der Waals surface area contributed by atoms with Crippen molar-refractivity contribution < 1.29 is 4.74 Å². The Bertz CT molecular complexity index is 935. The molecule has 7 nitrogen and oxygen atoms in total. The number of nitrogens with one attached hydrogen (secondary N) is 3. The van der Waals surface area contributed by atoms with E-state index in [1.54, 1.807) is 13.1 Å². The highest BCUT2D eigenvalue weighted by Crippen LogP contribution is 2.22. The van der Waals surface area contributed by atoms with Crippen molar-refractivity contribution >= 4 is 29.2 Å². The molecule has 2 aromatic carbocycles. The highest BCUT2D eigenvalue weighted by molar-refractivity contribution is 5.60. The first-order chi connectivity index (χ1) is 13.6. The molecule has 0 saturated heterocycles. The molecule has 144 valence electrons. The predicted octanol–water partition coefficient (Wildman–Crippen LogP) is 4.58. The Balaban J connectivity index is 1.79. The molecule has 3 N–H and O–H groups in total. The van der Waals surface area contributed by atoms with E-state index in [0.717, 1.165) is 17.1 Å². The maximum atomic E-state index is 5.49. The Morgan fingerprint density at radius 1 is 0.857 bits per heavy atom. The van der Waals surface area contributed by atoms with Gasteiger partial charge in [-0.2, -0.15) is 15.0 Å². The topological polar surface area (TPSA) is 84.0 Å². The number of benzene rings is 2. The summed E-state index contributed by atoms with van der Waals surface area (Å²) in [5, 5.41) is 9.40. The van der Waals surface area contributed by atoms with E-state index in [9.17, 15) is 0 Å². The lowest BCUT2D eigenvalue weighted by Crippen LogP contribution is -2.07. The fourth-order valence-corrected chi connectivity index (χ4v) is 2.69. The molecule has 1 heterocycles. The van der Waals surface area contributed by atoms with E-state index in [0.29, 0.717) is 24.5 Å². The number of ether oxygens (including phenoxy) is 1. The van der Waals surface area contributed by atoms with Crippen molar-refractivity contribution in [1.82, 2.24) is 15.0 Å². The third-order valence-corrected chi connectivity index (χ3v) is 3.82. The Morgan fingerprint density at radius 2 is 1.43 bits per heavy atom. The van der Waals surface area contributed by atoms with E-state index < -0.39 is 0 Å². The fourth-order valence-electron chi connectivity index (χ4n) is 2.69. The van der Waals surface area contributed by atoms with Gasteiger partial charge in [-0.3, -0.25) is 0 Å². The lowest BCUT2D eigenvalue weighted by molar-refractivity contribution is 0.363. The molecule has 0 aliphatic rings. The zero-order chi connectivity index (χ0) is 19.9. The Morgan fingerprint density at radius 3 is 2.00 bits per heavy atom. The number of aryl methyl sites for hydroxylation is 2. The van der Waals surface area contributed by atoms with Crippen molar-refractivity contribution in [1.29, 1.82) is 0 Å². The molecule has 0 unspecified atom stereocenters. The average Bonchev–Trinajstić information content (AvgIpc) is 2.66. The molecule has 7 heteroatoms. The van der Waals surface area contributed by atoms with Crippen molar-refractivity contribution in [2.24, 2.45) is 0 Å². The number of nitrogens with zero attached hydrogens (tertiary/aromatic N) is 3. The van der Waals surface area contributed by atoms with Crippen molar-refractivity contribution in [3.05, 3.63) is 66.2 Å². The van der Waals surface area contributed by atoms with E-state index in [1.807, 2.05) is 36.4 Å². The molecule has 28 heavy (non-hydrogen) atoms. The SMILES string of the molecule is C=CCOc1ccc(Nc2nc(NC)nc(Nc3cc(C)cc(C)c3)n2)cc1. The van der Waals surface area contributed by atoms with Crippen LogP contribution in [0.2, 0.25) is 0 Å². The van der Waals surface area contributed by atoms with E-state index >= 15 is 0 Å². The fraction of sp³-hybridized carbons (Fsp3) is 0.190. The number of anilines is 5. The number of aromatic nitrogens is 3. The van der Waals surface area contributed by atoms with Gasteiger partial charge in [0.15, 0.2) is 0 Å². The van der Waals surface area contributed by atoms with Gasteiger partial charge < -0.3 is 20.7 Å². The van der Waals surface area contributed by atoms with Gasteiger partial charge in [0.25, 0.3) is 0 Å². The zero-order valence-corrected chi connectivity index (χ0v) is 16.3. The van der Waals surface area contributed by atoms with Gasteiger partial charge in [0.05, 0.1) is 0 Å². The first-order valence-electron chi connectivity index (χ1n) is 8.95. The summed E-state index contributed by atoms with van der Waals surface area (Å²) in [4.78, 5) is 13.2. The van der Waals surface area contributed by atoms with Crippen LogP contribution in [-0.4, -0.2) is 28.6 Å². The van der Waals surface area contributed by atoms with Gasteiger partial charge in [-0.05, 0) is 61.4 Å². The van der Waals surface area contributed by atoms with Crippen molar-refractivity contribution in [3.63, 3.8) is 0 Å². The maximum Gasteiger partial charge on any atom is 0.233 e. The van der Waals surface area contributed by atoms with E-state index in [-0.39, 0.29) is 0 Å². The number of hydrogen-bond donors (Lipinski definition) is 3. The van der Waals surface area contributed by atoms with Crippen LogP contribution in [-0.2, 0) is 0 Å². The minimum atomic E-state index is 0.436. The third-order valence-electron chi connectivity index (χ3n) is 3.82. The Labute approximate surface area is 164 Å². The van der Waals surface area contributed by atoms with Crippen LogP contribution in [0.5, 0.6) is 5.75 Å². The molecule has 3 aromatic rings. The van der Waals surface area contributed by atoms with Gasteiger partial charge in [-0.1, -0.05) is 18.7 Å². The summed E-state index contributed by atoms with van der Waals surface area (Å²) in [6.45, 7) is 8.22. The third kappa shape index (κ3) is 5.20. The highest BCUT2D eigenvalue weighted by Gasteiger charge is 2.07. The standard InChI is InChI=1S/C21H24N6O/c1-5-10-28-18-8-6-16(7-9-18)23-20-25-19(22-4)26-21(27-20)24-17-12-14(2)11-15(3)13-17/h5-9,11-13H,1,10H2,2-4H3,(H3,22,23,24,25,26,27). The van der Waals surface area contributed by atoms with Crippen LogP contribution in [0.4, 0.5) is 29.2 Å². The second kappa shape index (κ2) is 8.85. The summed E-state index contributed by atoms with van der Waals surface area (Å²) in [5.74, 6) is 2.13. The van der Waals surface area contributed by atoms with Gasteiger partial charge in [0.2, 0.25) is 17.8 Å². The normalized spacial score (nSPS) is 10.2. The molecule has 3 rings (SSSR count). The molecule has 0 saturated carbocycles. The van der Waals surface area contributed by atoms with E-state index in [1.165, 1.54) is 11.1 Å². The van der Waals surface area contributed by atoms with Crippen LogP contribution in [0.15, 0.2) is 55.1 Å². The van der Waals surface area contributed by atoms with Crippen LogP contribution in [0.1, 0.15) is 11.1 Å². The second-order valence-electron chi connectivity index (χ2n) is 6.31. The highest BCUT2D eigenvalue weighted by atomic mass is 16.5. The molecule has 0 bridgehead atoms. The van der Waals surface area contributed by atoms with Crippen LogP contribution >= 0.6 is 0 Å². The molecule has 0 aliphatic carbocycles. The monoisotopic (exact) mass is 376 g/mol. The number of hydrogen-bond acceptors (Lipinski definition) is 7. The molecule has 0 spiro atoms.